The van der Waals surface area contributed by atoms with Crippen molar-refractivity contribution in [2.45, 2.75) is 82.9 Å². The molecule has 216 valence electrons. The maximum absolute atomic E-state index is 13.3. The molecule has 1 aromatic carbocycles. The molecule has 0 heterocycles. The molecule has 0 spiro atoms. The van der Waals surface area contributed by atoms with Crippen molar-refractivity contribution in [3.05, 3.63) is 48.1 Å². The Labute approximate surface area is 230 Å². The molecular formula is C30H43NO8. The van der Waals surface area contributed by atoms with E-state index >= 15 is 0 Å². The van der Waals surface area contributed by atoms with Crippen LogP contribution in [-0.4, -0.2) is 77.0 Å². The number of aliphatic carboxylic acids is 1. The molecule has 39 heavy (non-hydrogen) atoms. The summed E-state index contributed by atoms with van der Waals surface area (Å²) in [6.45, 7) is 3.93. The molecule has 0 fully saturated rings. The number of rotatable bonds is 13. The molecule has 2 aliphatic carbocycles. The molecule has 0 saturated heterocycles. The standard InChI is InChI=1S/C30H43NO8/c1-5-26(38-24-8-6-7-20(14-24)31(3)4)30(37)39-27-16-22(33)13-19-10-9-18(2)25(29(19)27)12-11-21(32)15-23(34)17-28(35)36/h6-10,13-14,18,21-23,25-27,29,32-34H,5,11-12,15-17H2,1-4H3,(H,35,36)/t18-,21-,22-,23-,25+,26+,27+,29+/m1/s1. The minimum Gasteiger partial charge on any atom is -0.481 e. The van der Waals surface area contributed by atoms with Crippen LogP contribution in [0.2, 0.25) is 0 Å². The first-order valence-corrected chi connectivity index (χ1v) is 13.8. The van der Waals surface area contributed by atoms with Crippen molar-refractivity contribution in [1.29, 1.82) is 0 Å². The number of ether oxygens (including phenoxy) is 2. The first-order valence-electron chi connectivity index (χ1n) is 13.8. The summed E-state index contributed by atoms with van der Waals surface area (Å²) in [4.78, 5) is 26.1. The third-order valence-corrected chi connectivity index (χ3v) is 7.67. The average Bonchev–Trinajstić information content (AvgIpc) is 2.86. The normalized spacial score (nSPS) is 26.5. The fraction of sp³-hybridized carbons (Fsp3) is 0.600. The summed E-state index contributed by atoms with van der Waals surface area (Å²) in [5.74, 6) is -1.03. The van der Waals surface area contributed by atoms with Crippen LogP contribution in [0.4, 0.5) is 5.69 Å². The van der Waals surface area contributed by atoms with Crippen molar-refractivity contribution in [2.24, 2.45) is 17.8 Å². The Morgan fingerprint density at radius 2 is 1.92 bits per heavy atom. The monoisotopic (exact) mass is 545 g/mol. The average molecular weight is 546 g/mol. The van der Waals surface area contributed by atoms with E-state index in [1.807, 2.05) is 50.2 Å². The van der Waals surface area contributed by atoms with Crippen molar-refractivity contribution in [3.8, 4) is 5.75 Å². The minimum absolute atomic E-state index is 0.0156. The summed E-state index contributed by atoms with van der Waals surface area (Å²) < 4.78 is 12.1. The van der Waals surface area contributed by atoms with Gasteiger partial charge in [0.05, 0.1) is 24.7 Å². The molecule has 0 unspecified atom stereocenters. The van der Waals surface area contributed by atoms with Crippen molar-refractivity contribution in [3.63, 3.8) is 0 Å². The maximum Gasteiger partial charge on any atom is 0.347 e. The third-order valence-electron chi connectivity index (χ3n) is 7.67. The number of aliphatic hydroxyl groups excluding tert-OH is 3. The zero-order chi connectivity index (χ0) is 28.7. The molecule has 0 bridgehead atoms. The lowest BCUT2D eigenvalue weighted by molar-refractivity contribution is -0.163. The summed E-state index contributed by atoms with van der Waals surface area (Å²) in [6.07, 6.45) is 2.97. The number of fused-ring (bicyclic) bond motifs is 1. The van der Waals surface area contributed by atoms with Crippen LogP contribution in [0.15, 0.2) is 48.1 Å². The number of hydrogen-bond acceptors (Lipinski definition) is 8. The van der Waals surface area contributed by atoms with Crippen LogP contribution in [0.25, 0.3) is 0 Å². The molecule has 4 N–H and O–H groups in total. The van der Waals surface area contributed by atoms with Gasteiger partial charge in [-0.1, -0.05) is 38.1 Å². The Morgan fingerprint density at radius 1 is 1.18 bits per heavy atom. The highest BCUT2D eigenvalue weighted by Gasteiger charge is 2.42. The zero-order valence-corrected chi connectivity index (χ0v) is 23.3. The van der Waals surface area contributed by atoms with Gasteiger partial charge in [0.15, 0.2) is 6.10 Å². The van der Waals surface area contributed by atoms with E-state index in [0.29, 0.717) is 25.0 Å². The molecule has 0 saturated carbocycles. The number of aliphatic hydroxyl groups is 3. The van der Waals surface area contributed by atoms with Gasteiger partial charge in [0.25, 0.3) is 0 Å². The lowest BCUT2D eigenvalue weighted by atomic mass is 9.66. The van der Waals surface area contributed by atoms with Crippen molar-refractivity contribution in [2.75, 3.05) is 19.0 Å². The Bertz CT molecular complexity index is 1040. The molecule has 0 amide bonds. The van der Waals surface area contributed by atoms with Gasteiger partial charge in [0.1, 0.15) is 11.9 Å². The van der Waals surface area contributed by atoms with E-state index in [4.69, 9.17) is 14.6 Å². The van der Waals surface area contributed by atoms with Crippen LogP contribution in [0.3, 0.4) is 0 Å². The highest BCUT2D eigenvalue weighted by Crippen LogP contribution is 2.44. The molecule has 9 heteroatoms. The van der Waals surface area contributed by atoms with Gasteiger partial charge < -0.3 is 34.8 Å². The molecular weight excluding hydrogens is 502 g/mol. The topological polar surface area (TPSA) is 137 Å². The second kappa shape index (κ2) is 14.0. The fourth-order valence-corrected chi connectivity index (χ4v) is 5.61. The number of carbonyl (C=O) groups is 2. The van der Waals surface area contributed by atoms with Crippen molar-refractivity contribution in [1.82, 2.24) is 0 Å². The van der Waals surface area contributed by atoms with E-state index in [9.17, 15) is 24.9 Å². The molecule has 9 nitrogen and oxygen atoms in total. The number of hydrogen-bond donors (Lipinski definition) is 4. The first-order chi connectivity index (χ1) is 18.5. The zero-order valence-electron chi connectivity index (χ0n) is 23.3. The SMILES string of the molecule is CC[C@H](Oc1cccc(N(C)C)c1)C(=O)O[C@H]1C[C@H](O)C=C2C=C[C@@H](C)[C@H](CC[C@@H](O)C[C@@H](O)CC(=O)O)[C@H]21. The number of esters is 1. The molecule has 3 rings (SSSR count). The molecule has 1 aromatic rings. The highest BCUT2D eigenvalue weighted by molar-refractivity contribution is 5.75. The van der Waals surface area contributed by atoms with Gasteiger partial charge in [-0.05, 0) is 55.2 Å². The van der Waals surface area contributed by atoms with Gasteiger partial charge in [0, 0.05) is 38.2 Å². The number of anilines is 1. The lowest BCUT2D eigenvalue weighted by Crippen LogP contribution is -2.44. The smallest absolute Gasteiger partial charge is 0.347 e. The van der Waals surface area contributed by atoms with Gasteiger partial charge >= 0.3 is 11.9 Å². The lowest BCUT2D eigenvalue weighted by Gasteiger charge is -2.43. The Kier molecular flexibility index (Phi) is 11.0. The number of carbonyl (C=O) groups excluding carboxylic acids is 1. The second-order valence-corrected chi connectivity index (χ2v) is 11.0. The molecule has 8 atom stereocenters. The van der Waals surface area contributed by atoms with E-state index in [1.54, 1.807) is 12.1 Å². The van der Waals surface area contributed by atoms with Gasteiger partial charge in [-0.2, -0.15) is 0 Å². The van der Waals surface area contributed by atoms with E-state index in [-0.39, 0.29) is 30.6 Å². The minimum atomic E-state index is -1.11. The number of carboxylic acid groups (broad SMARTS) is 1. The van der Waals surface area contributed by atoms with Crippen LogP contribution < -0.4 is 9.64 Å². The largest absolute Gasteiger partial charge is 0.481 e. The predicted octanol–water partition coefficient (Wildman–Crippen LogP) is 3.32. The summed E-state index contributed by atoms with van der Waals surface area (Å²) >= 11 is 0. The summed E-state index contributed by atoms with van der Waals surface area (Å²) in [5, 5.41) is 39.8. The van der Waals surface area contributed by atoms with E-state index in [0.717, 1.165) is 11.3 Å². The Balaban J connectivity index is 1.71. The quantitative estimate of drug-likeness (QED) is 0.275. The second-order valence-electron chi connectivity index (χ2n) is 11.0. The number of carboxylic acids is 1. The van der Waals surface area contributed by atoms with Crippen LogP contribution in [0.1, 0.15) is 52.4 Å². The van der Waals surface area contributed by atoms with E-state index < -0.39 is 48.9 Å². The van der Waals surface area contributed by atoms with Crippen LogP contribution >= 0.6 is 0 Å². The Hall–Kier alpha value is -2.88. The molecule has 0 aromatic heterocycles. The maximum atomic E-state index is 13.3. The van der Waals surface area contributed by atoms with Gasteiger partial charge in [-0.15, -0.1) is 0 Å². The molecule has 0 aliphatic heterocycles. The predicted molar refractivity (Wildman–Crippen MR) is 147 cm³/mol. The number of allylic oxidation sites excluding steroid dienone is 2. The first kappa shape index (κ1) is 30.7. The summed E-state index contributed by atoms with van der Waals surface area (Å²) in [7, 11) is 3.86. The van der Waals surface area contributed by atoms with Crippen LogP contribution in [0.5, 0.6) is 5.75 Å². The van der Waals surface area contributed by atoms with Gasteiger partial charge in [-0.25, -0.2) is 4.79 Å². The molecule has 0 radical (unpaired) electrons. The fourth-order valence-electron chi connectivity index (χ4n) is 5.61. The highest BCUT2D eigenvalue weighted by atomic mass is 16.6. The van der Waals surface area contributed by atoms with Crippen molar-refractivity contribution >= 4 is 17.6 Å². The van der Waals surface area contributed by atoms with Gasteiger partial charge in [0.2, 0.25) is 0 Å². The number of benzene rings is 1. The summed E-state index contributed by atoms with van der Waals surface area (Å²) in [6, 6.07) is 7.48. The van der Waals surface area contributed by atoms with Crippen LogP contribution in [-0.2, 0) is 14.3 Å². The molecule has 2 aliphatic rings. The Morgan fingerprint density at radius 3 is 2.59 bits per heavy atom. The van der Waals surface area contributed by atoms with E-state index in [2.05, 4.69) is 13.0 Å². The summed E-state index contributed by atoms with van der Waals surface area (Å²) in [5.41, 5.74) is 1.85. The van der Waals surface area contributed by atoms with Crippen LogP contribution in [0, 0.1) is 17.8 Å². The van der Waals surface area contributed by atoms with Crippen molar-refractivity contribution < 1.29 is 39.5 Å². The third kappa shape index (κ3) is 8.55. The number of nitrogens with zero attached hydrogens (tertiary/aromatic N) is 1. The van der Waals surface area contributed by atoms with Gasteiger partial charge in [-0.3, -0.25) is 4.79 Å². The van der Waals surface area contributed by atoms with E-state index in [1.165, 1.54) is 0 Å².